The highest BCUT2D eigenvalue weighted by molar-refractivity contribution is 9.10. The Balaban J connectivity index is 2.51. The Hall–Kier alpha value is -1.34. The van der Waals surface area contributed by atoms with Crippen LogP contribution in [0.25, 0.3) is 0 Å². The average molecular weight is 344 g/mol. The molecule has 1 heterocycles. The molecule has 0 bridgehead atoms. The molecule has 0 saturated carbocycles. The van der Waals surface area contributed by atoms with E-state index in [4.69, 9.17) is 0 Å². The van der Waals surface area contributed by atoms with Crippen molar-refractivity contribution in [3.8, 4) is 0 Å². The van der Waals surface area contributed by atoms with Gasteiger partial charge in [0.15, 0.2) is 5.03 Å². The van der Waals surface area contributed by atoms with Crippen LogP contribution < -0.4 is 4.31 Å². The van der Waals surface area contributed by atoms with Crippen LogP contribution in [0.5, 0.6) is 0 Å². The number of aryl methyl sites for hydroxylation is 1. The Bertz CT molecular complexity index is 682. The first kappa shape index (κ1) is 14.1. The van der Waals surface area contributed by atoms with Crippen LogP contribution in [-0.4, -0.2) is 24.9 Å². The van der Waals surface area contributed by atoms with E-state index in [2.05, 4.69) is 25.9 Å². The third-order valence-corrected chi connectivity index (χ3v) is 5.43. The van der Waals surface area contributed by atoms with E-state index in [1.807, 2.05) is 25.1 Å². The maximum Gasteiger partial charge on any atom is 0.282 e. The number of aromatic nitrogens is 2. The molecule has 0 spiro atoms. The second kappa shape index (κ2) is 5.34. The van der Waals surface area contributed by atoms with Crippen molar-refractivity contribution >= 4 is 31.6 Å². The number of rotatable bonds is 4. The molecular formula is C12H14BrN3O2S. The summed E-state index contributed by atoms with van der Waals surface area (Å²) in [5.74, 6) is 0. The monoisotopic (exact) mass is 343 g/mol. The Morgan fingerprint density at radius 2 is 2.16 bits per heavy atom. The summed E-state index contributed by atoms with van der Waals surface area (Å²) in [5, 5.41) is 0.0656. The molecule has 102 valence electrons. The van der Waals surface area contributed by atoms with Crippen molar-refractivity contribution in [2.24, 2.45) is 0 Å². The zero-order valence-corrected chi connectivity index (χ0v) is 13.0. The Labute approximate surface area is 120 Å². The Morgan fingerprint density at radius 3 is 2.68 bits per heavy atom. The number of hydrogen-bond donors (Lipinski definition) is 1. The maximum absolute atomic E-state index is 12.6. The van der Waals surface area contributed by atoms with Gasteiger partial charge in [-0.05, 0) is 47.5 Å². The normalized spacial score (nSPS) is 11.5. The van der Waals surface area contributed by atoms with E-state index in [0.717, 1.165) is 5.56 Å². The molecule has 1 N–H and O–H groups in total. The largest absolute Gasteiger partial charge is 0.333 e. The van der Waals surface area contributed by atoms with E-state index >= 15 is 0 Å². The SMILES string of the molecule is CCN(c1cccc(C)c1)S(=O)(=O)c1[nH]cnc1Br. The van der Waals surface area contributed by atoms with Crippen molar-refractivity contribution in [1.82, 2.24) is 9.97 Å². The molecule has 1 aromatic heterocycles. The number of anilines is 1. The molecule has 0 aliphatic heterocycles. The van der Waals surface area contributed by atoms with Gasteiger partial charge in [-0.3, -0.25) is 4.31 Å². The summed E-state index contributed by atoms with van der Waals surface area (Å²) < 4.78 is 26.8. The van der Waals surface area contributed by atoms with Gasteiger partial charge < -0.3 is 4.98 Å². The first-order chi connectivity index (χ1) is 8.96. The van der Waals surface area contributed by atoms with E-state index in [1.54, 1.807) is 13.0 Å². The summed E-state index contributed by atoms with van der Waals surface area (Å²) in [5.41, 5.74) is 1.65. The lowest BCUT2D eigenvalue weighted by molar-refractivity contribution is 0.588. The van der Waals surface area contributed by atoms with Crippen LogP contribution in [0.4, 0.5) is 5.69 Å². The van der Waals surface area contributed by atoms with E-state index < -0.39 is 10.0 Å². The molecule has 2 aromatic rings. The van der Waals surface area contributed by atoms with Gasteiger partial charge in [0, 0.05) is 6.54 Å². The summed E-state index contributed by atoms with van der Waals surface area (Å²) >= 11 is 3.14. The van der Waals surface area contributed by atoms with Gasteiger partial charge in [-0.2, -0.15) is 8.42 Å². The van der Waals surface area contributed by atoms with Gasteiger partial charge in [-0.25, -0.2) is 4.98 Å². The van der Waals surface area contributed by atoms with E-state index in [1.165, 1.54) is 10.6 Å². The Kier molecular flexibility index (Phi) is 3.96. The molecule has 2 rings (SSSR count). The highest BCUT2D eigenvalue weighted by Crippen LogP contribution is 2.26. The van der Waals surface area contributed by atoms with Crippen molar-refractivity contribution in [3.63, 3.8) is 0 Å². The molecule has 0 unspecified atom stereocenters. The van der Waals surface area contributed by atoms with Crippen molar-refractivity contribution in [2.75, 3.05) is 10.8 Å². The van der Waals surface area contributed by atoms with Crippen LogP contribution in [0.3, 0.4) is 0 Å². The lowest BCUT2D eigenvalue weighted by Gasteiger charge is -2.22. The highest BCUT2D eigenvalue weighted by atomic mass is 79.9. The van der Waals surface area contributed by atoms with Crippen LogP contribution in [-0.2, 0) is 10.0 Å². The fourth-order valence-electron chi connectivity index (χ4n) is 1.83. The summed E-state index contributed by atoms with van der Waals surface area (Å²) in [6.07, 6.45) is 1.35. The Morgan fingerprint density at radius 1 is 1.42 bits per heavy atom. The van der Waals surface area contributed by atoms with Crippen LogP contribution >= 0.6 is 15.9 Å². The molecule has 0 fully saturated rings. The first-order valence-corrected chi connectivity index (χ1v) is 7.98. The van der Waals surface area contributed by atoms with Crippen molar-refractivity contribution < 1.29 is 8.42 Å². The third kappa shape index (κ3) is 2.66. The van der Waals surface area contributed by atoms with Crippen LogP contribution in [0, 0.1) is 6.92 Å². The van der Waals surface area contributed by atoms with E-state index in [9.17, 15) is 8.42 Å². The molecule has 0 amide bonds. The van der Waals surface area contributed by atoms with Crippen molar-refractivity contribution in [1.29, 1.82) is 0 Å². The minimum Gasteiger partial charge on any atom is -0.333 e. The summed E-state index contributed by atoms with van der Waals surface area (Å²) in [7, 11) is -3.64. The van der Waals surface area contributed by atoms with Gasteiger partial charge in [0.25, 0.3) is 10.0 Å². The van der Waals surface area contributed by atoms with Crippen LogP contribution in [0.1, 0.15) is 12.5 Å². The summed E-state index contributed by atoms with van der Waals surface area (Å²) in [4.78, 5) is 6.52. The van der Waals surface area contributed by atoms with Crippen molar-refractivity contribution in [3.05, 3.63) is 40.8 Å². The van der Waals surface area contributed by atoms with Crippen LogP contribution in [0.15, 0.2) is 40.2 Å². The quantitative estimate of drug-likeness (QED) is 0.927. The van der Waals surface area contributed by atoms with Gasteiger partial charge in [0.05, 0.1) is 12.0 Å². The topological polar surface area (TPSA) is 66.1 Å². The van der Waals surface area contributed by atoms with Crippen LogP contribution in [0.2, 0.25) is 0 Å². The van der Waals surface area contributed by atoms with E-state index in [-0.39, 0.29) is 5.03 Å². The van der Waals surface area contributed by atoms with Gasteiger partial charge in [-0.15, -0.1) is 0 Å². The van der Waals surface area contributed by atoms with Gasteiger partial charge in [0.2, 0.25) is 0 Å². The minimum absolute atomic E-state index is 0.0656. The number of imidazole rings is 1. The molecule has 0 atom stereocenters. The molecule has 19 heavy (non-hydrogen) atoms. The molecule has 1 aromatic carbocycles. The molecule has 0 aliphatic carbocycles. The molecule has 0 aliphatic rings. The molecule has 0 saturated heterocycles. The third-order valence-electron chi connectivity index (χ3n) is 2.69. The highest BCUT2D eigenvalue weighted by Gasteiger charge is 2.27. The number of nitrogens with zero attached hydrogens (tertiary/aromatic N) is 2. The number of H-pyrrole nitrogens is 1. The number of halogens is 1. The standard InChI is InChI=1S/C12H14BrN3O2S/c1-3-16(10-6-4-5-9(2)7-10)19(17,18)12-11(13)14-8-15-12/h4-8H,3H2,1-2H3,(H,14,15). The molecule has 7 heteroatoms. The average Bonchev–Trinajstić information content (AvgIpc) is 2.77. The maximum atomic E-state index is 12.6. The fourth-order valence-corrected chi connectivity index (χ4v) is 4.08. The zero-order valence-electron chi connectivity index (χ0n) is 10.6. The smallest absolute Gasteiger partial charge is 0.282 e. The van der Waals surface area contributed by atoms with Gasteiger partial charge >= 0.3 is 0 Å². The predicted molar refractivity (Wildman–Crippen MR) is 77.7 cm³/mol. The second-order valence-electron chi connectivity index (χ2n) is 4.03. The summed E-state index contributed by atoms with van der Waals surface area (Å²) in [6, 6.07) is 7.38. The van der Waals surface area contributed by atoms with Gasteiger partial charge in [0.1, 0.15) is 4.60 Å². The van der Waals surface area contributed by atoms with Crippen molar-refractivity contribution in [2.45, 2.75) is 18.9 Å². The lowest BCUT2D eigenvalue weighted by Crippen LogP contribution is -2.31. The molecular weight excluding hydrogens is 330 g/mol. The van der Waals surface area contributed by atoms with Gasteiger partial charge in [-0.1, -0.05) is 12.1 Å². The number of benzene rings is 1. The molecule has 0 radical (unpaired) electrons. The minimum atomic E-state index is -3.64. The summed E-state index contributed by atoms with van der Waals surface area (Å²) in [6.45, 7) is 4.07. The number of sulfonamides is 1. The number of aromatic amines is 1. The number of nitrogens with one attached hydrogen (secondary N) is 1. The van der Waals surface area contributed by atoms with E-state index in [0.29, 0.717) is 16.8 Å². The predicted octanol–water partition coefficient (Wildman–Crippen LogP) is 2.70. The molecule has 5 nitrogen and oxygen atoms in total. The zero-order chi connectivity index (χ0) is 14.0. The fraction of sp³-hybridized carbons (Fsp3) is 0.250. The second-order valence-corrected chi connectivity index (χ2v) is 6.58. The number of hydrogen-bond acceptors (Lipinski definition) is 3. The first-order valence-electron chi connectivity index (χ1n) is 5.75. The lowest BCUT2D eigenvalue weighted by atomic mass is 10.2.